The van der Waals surface area contributed by atoms with Crippen LogP contribution in [0.3, 0.4) is 0 Å². The van der Waals surface area contributed by atoms with Gasteiger partial charge >= 0.3 is 0 Å². The number of ether oxygens (including phenoxy) is 1. The van der Waals surface area contributed by atoms with Gasteiger partial charge in [-0.3, -0.25) is 4.79 Å². The molecular formula is C21H24N2O4S. The van der Waals surface area contributed by atoms with Gasteiger partial charge in [-0.05, 0) is 43.2 Å². The average molecular weight is 401 g/mol. The number of nitrogens with zero attached hydrogens (tertiary/aromatic N) is 1. The number of hydrogen-bond donors (Lipinski definition) is 1. The quantitative estimate of drug-likeness (QED) is 0.720. The van der Waals surface area contributed by atoms with Gasteiger partial charge < -0.3 is 10.1 Å². The van der Waals surface area contributed by atoms with E-state index in [1.165, 1.54) is 16.4 Å². The maximum Gasteiger partial charge on any atom is 0.255 e. The van der Waals surface area contributed by atoms with Crippen LogP contribution in [0.15, 0.2) is 66.1 Å². The molecule has 1 aliphatic heterocycles. The van der Waals surface area contributed by atoms with Crippen molar-refractivity contribution in [1.82, 2.24) is 4.31 Å². The van der Waals surface area contributed by atoms with Crippen molar-refractivity contribution in [3.8, 4) is 5.75 Å². The average Bonchev–Trinajstić information content (AvgIpc) is 2.73. The molecule has 2 aromatic carbocycles. The Hall–Kier alpha value is -2.64. The van der Waals surface area contributed by atoms with Crippen molar-refractivity contribution in [1.29, 1.82) is 0 Å². The van der Waals surface area contributed by atoms with Crippen molar-refractivity contribution in [3.63, 3.8) is 0 Å². The van der Waals surface area contributed by atoms with Crippen molar-refractivity contribution in [2.75, 3.05) is 25.0 Å². The lowest BCUT2D eigenvalue weighted by molar-refractivity contribution is 0.102. The molecule has 0 bridgehead atoms. The topological polar surface area (TPSA) is 75.7 Å². The molecule has 28 heavy (non-hydrogen) atoms. The predicted octanol–water partition coefficient (Wildman–Crippen LogP) is 3.68. The van der Waals surface area contributed by atoms with Crippen LogP contribution in [0.2, 0.25) is 0 Å². The minimum Gasteiger partial charge on any atom is -0.489 e. The first-order chi connectivity index (χ1) is 13.5. The summed E-state index contributed by atoms with van der Waals surface area (Å²) in [6.07, 6.45) is 4.41. The lowest BCUT2D eigenvalue weighted by Crippen LogP contribution is -2.35. The largest absolute Gasteiger partial charge is 0.489 e. The van der Waals surface area contributed by atoms with Gasteiger partial charge in [-0.25, -0.2) is 8.42 Å². The van der Waals surface area contributed by atoms with E-state index in [1.54, 1.807) is 42.5 Å². The van der Waals surface area contributed by atoms with Crippen LogP contribution in [-0.4, -0.2) is 38.3 Å². The fraction of sp³-hybridized carbons (Fsp3) is 0.286. The molecule has 6 nitrogen and oxygen atoms in total. The maximum atomic E-state index is 12.8. The highest BCUT2D eigenvalue weighted by Crippen LogP contribution is 2.22. The summed E-state index contributed by atoms with van der Waals surface area (Å²) in [6.45, 7) is 5.02. The van der Waals surface area contributed by atoms with Crippen LogP contribution in [0.25, 0.3) is 0 Å². The van der Waals surface area contributed by atoms with Crippen LogP contribution in [0.5, 0.6) is 5.75 Å². The number of rotatable bonds is 7. The minimum atomic E-state index is -3.58. The van der Waals surface area contributed by atoms with E-state index in [9.17, 15) is 13.2 Å². The maximum absolute atomic E-state index is 12.8. The Bertz CT molecular complexity index is 950. The molecule has 0 aliphatic carbocycles. The summed E-state index contributed by atoms with van der Waals surface area (Å²) < 4.78 is 32.6. The van der Waals surface area contributed by atoms with Crippen molar-refractivity contribution in [2.24, 2.45) is 0 Å². The summed E-state index contributed by atoms with van der Waals surface area (Å²) >= 11 is 0. The van der Waals surface area contributed by atoms with Gasteiger partial charge in [-0.15, -0.1) is 0 Å². The molecule has 1 saturated heterocycles. The number of benzene rings is 2. The lowest BCUT2D eigenvalue weighted by atomic mass is 10.2. The first-order valence-electron chi connectivity index (χ1n) is 9.26. The van der Waals surface area contributed by atoms with E-state index in [4.69, 9.17) is 4.74 Å². The molecule has 1 amide bonds. The molecule has 1 aliphatic rings. The van der Waals surface area contributed by atoms with Crippen molar-refractivity contribution in [2.45, 2.75) is 24.2 Å². The van der Waals surface area contributed by atoms with Gasteiger partial charge in [-0.2, -0.15) is 4.31 Å². The molecule has 0 radical (unpaired) electrons. The number of sulfonamides is 1. The second-order valence-electron chi connectivity index (χ2n) is 6.57. The van der Waals surface area contributed by atoms with E-state index >= 15 is 0 Å². The predicted molar refractivity (Wildman–Crippen MR) is 109 cm³/mol. The monoisotopic (exact) mass is 400 g/mol. The zero-order valence-corrected chi connectivity index (χ0v) is 16.5. The number of amides is 1. The molecule has 0 aromatic heterocycles. The van der Waals surface area contributed by atoms with Crippen LogP contribution in [0.4, 0.5) is 5.69 Å². The third kappa shape index (κ3) is 4.79. The van der Waals surface area contributed by atoms with Crippen molar-refractivity contribution >= 4 is 21.6 Å². The second kappa shape index (κ2) is 9.03. The summed E-state index contributed by atoms with van der Waals surface area (Å²) in [5.74, 6) is 0.232. The molecule has 1 N–H and O–H groups in total. The van der Waals surface area contributed by atoms with Gasteiger partial charge in [0.05, 0.1) is 4.90 Å². The Morgan fingerprint density at radius 3 is 2.61 bits per heavy atom. The summed E-state index contributed by atoms with van der Waals surface area (Å²) in [5, 5.41) is 2.78. The highest BCUT2D eigenvalue weighted by Gasteiger charge is 2.26. The number of carbonyl (C=O) groups excluding carboxylic acids is 1. The van der Waals surface area contributed by atoms with E-state index in [-0.39, 0.29) is 16.4 Å². The minimum absolute atomic E-state index is 0.144. The van der Waals surface area contributed by atoms with Crippen LogP contribution < -0.4 is 10.1 Å². The van der Waals surface area contributed by atoms with Crippen molar-refractivity contribution in [3.05, 3.63) is 66.7 Å². The summed E-state index contributed by atoms with van der Waals surface area (Å²) in [7, 11) is -3.58. The zero-order valence-electron chi connectivity index (χ0n) is 15.6. The molecule has 0 unspecified atom stereocenters. The number of piperidine rings is 1. The third-order valence-corrected chi connectivity index (χ3v) is 6.40. The van der Waals surface area contributed by atoms with Gasteiger partial charge in [-0.1, -0.05) is 31.2 Å². The molecule has 2 aromatic rings. The molecule has 3 rings (SSSR count). The Balaban J connectivity index is 1.76. The molecule has 0 spiro atoms. The Labute approximate surface area is 165 Å². The standard InChI is InChI=1S/C21H24N2O4S/c1-2-14-27-19-10-7-9-18(16-19)22-21(24)17-8-6-11-20(15-17)28(25,26)23-12-4-3-5-13-23/h2,6-11,15-16H,1,3-5,12-14H2,(H,22,24). The molecule has 0 saturated carbocycles. The fourth-order valence-corrected chi connectivity index (χ4v) is 4.64. The van der Waals surface area contributed by atoms with Crippen LogP contribution >= 0.6 is 0 Å². The van der Waals surface area contributed by atoms with E-state index in [0.29, 0.717) is 31.1 Å². The summed E-state index contributed by atoms with van der Waals surface area (Å²) in [6, 6.07) is 13.2. The Kier molecular flexibility index (Phi) is 6.49. The number of nitrogens with one attached hydrogen (secondary N) is 1. The molecule has 148 valence electrons. The zero-order chi connectivity index (χ0) is 20.0. The smallest absolute Gasteiger partial charge is 0.255 e. The van der Waals surface area contributed by atoms with Gasteiger partial charge in [0.1, 0.15) is 12.4 Å². The molecule has 1 heterocycles. The number of anilines is 1. The van der Waals surface area contributed by atoms with Gasteiger partial charge in [0, 0.05) is 30.4 Å². The first-order valence-corrected chi connectivity index (χ1v) is 10.7. The van der Waals surface area contributed by atoms with Crippen LogP contribution in [0, 0.1) is 0 Å². The van der Waals surface area contributed by atoms with Gasteiger partial charge in [0.15, 0.2) is 0 Å². The Morgan fingerprint density at radius 2 is 1.86 bits per heavy atom. The van der Waals surface area contributed by atoms with Crippen LogP contribution in [-0.2, 0) is 10.0 Å². The van der Waals surface area contributed by atoms with E-state index in [1.807, 2.05) is 0 Å². The molecular weight excluding hydrogens is 376 g/mol. The molecule has 7 heteroatoms. The molecule has 1 fully saturated rings. The fourth-order valence-electron chi connectivity index (χ4n) is 3.07. The van der Waals surface area contributed by atoms with E-state index in [0.717, 1.165) is 19.3 Å². The summed E-state index contributed by atoms with van der Waals surface area (Å²) in [5.41, 5.74) is 0.853. The number of carbonyl (C=O) groups is 1. The SMILES string of the molecule is C=CCOc1cccc(NC(=O)c2cccc(S(=O)(=O)N3CCCCC3)c2)c1. The summed E-state index contributed by atoms with van der Waals surface area (Å²) in [4.78, 5) is 12.8. The normalized spacial score (nSPS) is 15.0. The van der Waals surface area contributed by atoms with Crippen molar-refractivity contribution < 1.29 is 17.9 Å². The second-order valence-corrected chi connectivity index (χ2v) is 8.51. The third-order valence-electron chi connectivity index (χ3n) is 4.51. The van der Waals surface area contributed by atoms with E-state index in [2.05, 4.69) is 11.9 Å². The lowest BCUT2D eigenvalue weighted by Gasteiger charge is -2.26. The highest BCUT2D eigenvalue weighted by molar-refractivity contribution is 7.89. The number of hydrogen-bond acceptors (Lipinski definition) is 4. The molecule has 0 atom stereocenters. The highest BCUT2D eigenvalue weighted by atomic mass is 32.2. The van der Waals surface area contributed by atoms with Gasteiger partial charge in [0.25, 0.3) is 5.91 Å². The van der Waals surface area contributed by atoms with Crippen LogP contribution in [0.1, 0.15) is 29.6 Å². The van der Waals surface area contributed by atoms with Gasteiger partial charge in [0.2, 0.25) is 10.0 Å². The Morgan fingerprint density at radius 1 is 1.11 bits per heavy atom. The van der Waals surface area contributed by atoms with E-state index < -0.39 is 10.0 Å². The first kappa shape index (κ1) is 20.1.